The number of hydrogen-bond donors (Lipinski definition) is 0. The molecule has 0 amide bonds. The summed E-state index contributed by atoms with van der Waals surface area (Å²) in [6.45, 7) is 6.33. The number of hydrogen-bond acceptors (Lipinski definition) is 2. The Morgan fingerprint density at radius 3 is 2.20 bits per heavy atom. The van der Waals surface area contributed by atoms with Gasteiger partial charge in [-0.1, -0.05) is 0 Å². The quantitative estimate of drug-likeness (QED) is 0.550. The van der Waals surface area contributed by atoms with Gasteiger partial charge >= 0.3 is 0 Å². The average Bonchev–Trinajstić information content (AvgIpc) is 2.08. The molecule has 1 heterocycles. The van der Waals surface area contributed by atoms with Crippen molar-refractivity contribution in [3.05, 3.63) is 0 Å². The first kappa shape index (κ1) is 8.31. The third kappa shape index (κ3) is 1.62. The first-order valence-electron chi connectivity index (χ1n) is 3.38. The Morgan fingerprint density at radius 2 is 2.00 bits per heavy atom. The Bertz CT molecular complexity index is 136. The molecule has 0 aromatic heterocycles. The molecule has 0 aliphatic carbocycles. The zero-order valence-corrected chi connectivity index (χ0v) is 7.36. The Labute approximate surface area is 66.5 Å². The summed E-state index contributed by atoms with van der Waals surface area (Å²) < 4.78 is 10.9. The van der Waals surface area contributed by atoms with Crippen LogP contribution in [-0.2, 0) is 9.47 Å². The number of ether oxygens (including phenoxy) is 2. The lowest BCUT2D eigenvalue weighted by atomic mass is 10.2. The molecule has 0 spiro atoms. The zero-order valence-electron chi connectivity index (χ0n) is 6.61. The van der Waals surface area contributed by atoms with Crippen LogP contribution < -0.4 is 0 Å². The van der Waals surface area contributed by atoms with E-state index in [1.54, 1.807) is 0 Å². The molecule has 1 rings (SSSR count). The molecule has 1 saturated heterocycles. The van der Waals surface area contributed by atoms with E-state index in [0.717, 1.165) is 0 Å². The fourth-order valence-corrected chi connectivity index (χ4v) is 1.18. The van der Waals surface area contributed by atoms with Crippen LogP contribution in [0.5, 0.6) is 0 Å². The first-order chi connectivity index (χ1) is 4.47. The van der Waals surface area contributed by atoms with E-state index >= 15 is 0 Å². The summed E-state index contributed by atoms with van der Waals surface area (Å²) in [6.07, 6.45) is 0. The van der Waals surface area contributed by atoms with E-state index in [9.17, 15) is 0 Å². The van der Waals surface area contributed by atoms with Gasteiger partial charge < -0.3 is 9.47 Å². The lowest BCUT2D eigenvalue weighted by Gasteiger charge is -2.22. The maximum atomic E-state index is 5.67. The number of rotatable bonds is 1. The van der Waals surface area contributed by atoms with E-state index in [1.807, 2.05) is 20.8 Å². The first-order valence-corrected chi connectivity index (χ1v) is 3.91. The topological polar surface area (TPSA) is 18.5 Å². The summed E-state index contributed by atoms with van der Waals surface area (Å²) in [6, 6.07) is 0. The summed E-state index contributed by atoms with van der Waals surface area (Å²) in [5, 5.41) is 0. The minimum absolute atomic E-state index is 0.287. The summed E-state index contributed by atoms with van der Waals surface area (Å²) in [5.74, 6) is 0.0278. The molecule has 60 valence electrons. The van der Waals surface area contributed by atoms with Crippen LogP contribution in [0.15, 0.2) is 0 Å². The molecule has 10 heavy (non-hydrogen) atoms. The SMILES string of the molecule is CC1(C)OC[C@@](C)(CCl)O1. The van der Waals surface area contributed by atoms with Crippen LogP contribution in [0.25, 0.3) is 0 Å². The van der Waals surface area contributed by atoms with Crippen molar-refractivity contribution < 1.29 is 9.47 Å². The maximum Gasteiger partial charge on any atom is 0.163 e. The third-order valence-corrected chi connectivity index (χ3v) is 2.07. The number of halogens is 1. The molecule has 3 heteroatoms. The van der Waals surface area contributed by atoms with Gasteiger partial charge in [0.2, 0.25) is 0 Å². The summed E-state index contributed by atoms with van der Waals surface area (Å²) in [7, 11) is 0. The van der Waals surface area contributed by atoms with Crippen LogP contribution >= 0.6 is 11.6 Å². The van der Waals surface area contributed by atoms with E-state index in [0.29, 0.717) is 12.5 Å². The molecule has 1 fully saturated rings. The predicted molar refractivity (Wildman–Crippen MR) is 40.2 cm³/mol. The molecule has 1 aliphatic rings. The van der Waals surface area contributed by atoms with E-state index < -0.39 is 5.79 Å². The second-order valence-electron chi connectivity index (χ2n) is 3.37. The highest BCUT2D eigenvalue weighted by Gasteiger charge is 2.41. The van der Waals surface area contributed by atoms with E-state index in [4.69, 9.17) is 21.1 Å². The largest absolute Gasteiger partial charge is 0.347 e. The van der Waals surface area contributed by atoms with Crippen molar-refractivity contribution in [2.75, 3.05) is 12.5 Å². The monoisotopic (exact) mass is 164 g/mol. The van der Waals surface area contributed by atoms with Gasteiger partial charge in [-0.3, -0.25) is 0 Å². The predicted octanol–water partition coefficient (Wildman–Crippen LogP) is 1.77. The minimum atomic E-state index is -0.455. The van der Waals surface area contributed by atoms with Crippen LogP contribution in [-0.4, -0.2) is 23.9 Å². The van der Waals surface area contributed by atoms with Crippen molar-refractivity contribution in [2.24, 2.45) is 0 Å². The van der Waals surface area contributed by atoms with Crippen molar-refractivity contribution in [1.29, 1.82) is 0 Å². The maximum absolute atomic E-state index is 5.67. The molecule has 0 aromatic rings. The van der Waals surface area contributed by atoms with Gasteiger partial charge in [0, 0.05) is 0 Å². The van der Waals surface area contributed by atoms with Gasteiger partial charge in [-0.15, -0.1) is 11.6 Å². The molecule has 0 N–H and O–H groups in total. The smallest absolute Gasteiger partial charge is 0.163 e. The minimum Gasteiger partial charge on any atom is -0.347 e. The van der Waals surface area contributed by atoms with Crippen molar-refractivity contribution in [1.82, 2.24) is 0 Å². The summed E-state index contributed by atoms with van der Waals surface area (Å²) >= 11 is 5.67. The molecule has 0 bridgehead atoms. The Kier molecular flexibility index (Phi) is 1.96. The van der Waals surface area contributed by atoms with Crippen LogP contribution in [0.3, 0.4) is 0 Å². The van der Waals surface area contributed by atoms with Crippen molar-refractivity contribution in [3.63, 3.8) is 0 Å². The Morgan fingerprint density at radius 1 is 1.40 bits per heavy atom. The molecule has 0 aromatic carbocycles. The lowest BCUT2D eigenvalue weighted by molar-refractivity contribution is -0.152. The molecule has 2 nitrogen and oxygen atoms in total. The van der Waals surface area contributed by atoms with Crippen LogP contribution in [0, 0.1) is 0 Å². The van der Waals surface area contributed by atoms with Crippen LogP contribution in [0.4, 0.5) is 0 Å². The lowest BCUT2D eigenvalue weighted by Crippen LogP contribution is -2.32. The molecular formula is C7H13ClO2. The van der Waals surface area contributed by atoms with E-state index in [1.165, 1.54) is 0 Å². The Balaban J connectivity index is 2.57. The van der Waals surface area contributed by atoms with Gasteiger partial charge in [0.1, 0.15) is 5.60 Å². The average molecular weight is 165 g/mol. The van der Waals surface area contributed by atoms with Gasteiger partial charge in [0.25, 0.3) is 0 Å². The molecule has 1 atom stereocenters. The highest BCUT2D eigenvalue weighted by molar-refractivity contribution is 6.18. The second kappa shape index (κ2) is 2.36. The van der Waals surface area contributed by atoms with Crippen LogP contribution in [0.2, 0.25) is 0 Å². The van der Waals surface area contributed by atoms with Gasteiger partial charge in [-0.05, 0) is 20.8 Å². The molecule has 1 aliphatic heterocycles. The summed E-state index contributed by atoms with van der Waals surface area (Å²) in [4.78, 5) is 0. The molecule has 0 saturated carbocycles. The second-order valence-corrected chi connectivity index (χ2v) is 3.64. The Hall–Kier alpha value is 0.210. The number of alkyl halides is 1. The fraction of sp³-hybridized carbons (Fsp3) is 1.00. The fourth-order valence-electron chi connectivity index (χ4n) is 1.04. The molecular weight excluding hydrogens is 152 g/mol. The normalized spacial score (nSPS) is 38.4. The van der Waals surface area contributed by atoms with E-state index in [-0.39, 0.29) is 5.60 Å². The highest BCUT2D eigenvalue weighted by atomic mass is 35.5. The van der Waals surface area contributed by atoms with Gasteiger partial charge in [0.05, 0.1) is 12.5 Å². The van der Waals surface area contributed by atoms with Gasteiger partial charge in [-0.2, -0.15) is 0 Å². The van der Waals surface area contributed by atoms with Gasteiger partial charge in [0.15, 0.2) is 5.79 Å². The van der Waals surface area contributed by atoms with Crippen LogP contribution in [0.1, 0.15) is 20.8 Å². The van der Waals surface area contributed by atoms with Crippen molar-refractivity contribution in [2.45, 2.75) is 32.2 Å². The molecule has 0 unspecified atom stereocenters. The van der Waals surface area contributed by atoms with E-state index in [2.05, 4.69) is 0 Å². The standard InChI is InChI=1S/C7H13ClO2/c1-6(2)9-5-7(3,4-8)10-6/h4-5H2,1-3H3/t7-/m1/s1. The third-order valence-electron chi connectivity index (χ3n) is 1.50. The highest BCUT2D eigenvalue weighted by Crippen LogP contribution is 2.30. The zero-order chi connectivity index (χ0) is 7.83. The molecule has 0 radical (unpaired) electrons. The summed E-state index contributed by atoms with van der Waals surface area (Å²) in [5.41, 5.74) is -0.287. The van der Waals surface area contributed by atoms with Crippen molar-refractivity contribution in [3.8, 4) is 0 Å². The van der Waals surface area contributed by atoms with Gasteiger partial charge in [-0.25, -0.2) is 0 Å². The van der Waals surface area contributed by atoms with Crippen molar-refractivity contribution >= 4 is 11.6 Å².